The first-order valence-electron chi connectivity index (χ1n) is 8.81. The molecule has 3 atom stereocenters. The number of hydrogen-bond donors (Lipinski definition) is 1. The highest BCUT2D eigenvalue weighted by Gasteiger charge is 2.47. The number of nitrogens with one attached hydrogen (secondary N) is 1. The van der Waals surface area contributed by atoms with E-state index >= 15 is 0 Å². The van der Waals surface area contributed by atoms with Crippen LogP contribution in [0.3, 0.4) is 0 Å². The summed E-state index contributed by atoms with van der Waals surface area (Å²) in [5, 5.41) is 1.55. The average Bonchev–Trinajstić information content (AvgIpc) is 3.15. The van der Waals surface area contributed by atoms with Gasteiger partial charge in [-0.05, 0) is 24.3 Å². The molecule has 154 valence electrons. The van der Waals surface area contributed by atoms with Crippen LogP contribution >= 0.6 is 27.0 Å². The summed E-state index contributed by atoms with van der Waals surface area (Å²) in [6.07, 6.45) is 1.58. The number of hydrazine groups is 1. The molecule has 0 bridgehead atoms. The lowest BCUT2D eigenvalue weighted by atomic mass is 10.0. The Balaban J connectivity index is 0.00000225. The highest BCUT2D eigenvalue weighted by molar-refractivity contribution is 7.59. The van der Waals surface area contributed by atoms with E-state index in [1.807, 2.05) is 30.3 Å². The Bertz CT molecular complexity index is 598. The summed E-state index contributed by atoms with van der Waals surface area (Å²) in [6, 6.07) is 9.56. The molecule has 0 unspecified atom stereocenters. The van der Waals surface area contributed by atoms with Crippen LogP contribution in [0.4, 0.5) is 0 Å². The van der Waals surface area contributed by atoms with Gasteiger partial charge in [-0.2, -0.15) is 27.0 Å². The molecule has 1 aromatic carbocycles. The maximum atomic E-state index is 13.0. The van der Waals surface area contributed by atoms with E-state index in [4.69, 9.17) is 4.74 Å². The smallest absolute Gasteiger partial charge is 0.266 e. The number of carbonyl (C=O) groups excluding carboxylic acids is 2. The zero-order chi connectivity index (χ0) is 17.1. The molecule has 1 N–H and O–H groups in total. The molecule has 5 nitrogen and oxygen atoms in total. The normalized spacial score (nSPS) is 21.7. The molecule has 2 aliphatic rings. The predicted octanol–water partition coefficient (Wildman–Crippen LogP) is 3.17. The van der Waals surface area contributed by atoms with Crippen molar-refractivity contribution in [1.29, 1.82) is 0 Å². The number of ketones is 1. The number of fused-ring (bicyclic) bond motifs is 1. The van der Waals surface area contributed by atoms with Crippen LogP contribution in [0.1, 0.15) is 46.1 Å². The summed E-state index contributed by atoms with van der Waals surface area (Å²) in [4.78, 5) is 25.1. The topological polar surface area (TPSA) is 58.6 Å². The van der Waals surface area contributed by atoms with Gasteiger partial charge < -0.3 is 4.74 Å². The molecule has 1 aliphatic heterocycles. The number of hydrogen-bond acceptors (Lipinski definition) is 4. The van der Waals surface area contributed by atoms with Crippen molar-refractivity contribution in [3.8, 4) is 0 Å². The van der Waals surface area contributed by atoms with Crippen LogP contribution in [0.15, 0.2) is 30.3 Å². The second-order valence-corrected chi connectivity index (χ2v) is 7.20. The van der Waals surface area contributed by atoms with E-state index in [-0.39, 0.29) is 58.1 Å². The minimum Gasteiger partial charge on any atom is -0.364 e. The minimum atomic E-state index is -0.523. The van der Waals surface area contributed by atoms with Crippen molar-refractivity contribution in [2.45, 2.75) is 59.3 Å². The second kappa shape index (κ2) is 11.7. The van der Waals surface area contributed by atoms with Gasteiger partial charge in [-0.25, -0.2) is 5.43 Å². The summed E-state index contributed by atoms with van der Waals surface area (Å²) in [6.45, 7) is 5.26. The largest absolute Gasteiger partial charge is 0.364 e. The molecular weight excluding hydrogens is 380 g/mol. The summed E-state index contributed by atoms with van der Waals surface area (Å²) in [5.41, 5.74) is 4.17. The first kappa shape index (κ1) is 26.0. The van der Waals surface area contributed by atoms with Crippen molar-refractivity contribution in [2.24, 2.45) is 11.8 Å². The molecular formula is C20H34N2O3S2. The minimum absolute atomic E-state index is 0. The molecule has 1 aliphatic carbocycles. The van der Waals surface area contributed by atoms with E-state index in [0.717, 1.165) is 12.0 Å². The van der Waals surface area contributed by atoms with Gasteiger partial charge in [-0.15, -0.1) is 0 Å². The Hall–Kier alpha value is -1.02. The van der Waals surface area contributed by atoms with Crippen LogP contribution in [0.5, 0.6) is 0 Å². The van der Waals surface area contributed by atoms with Gasteiger partial charge >= 0.3 is 0 Å². The maximum absolute atomic E-state index is 13.0. The van der Waals surface area contributed by atoms with Crippen molar-refractivity contribution in [3.05, 3.63) is 35.9 Å². The summed E-state index contributed by atoms with van der Waals surface area (Å²) >= 11 is 0. The lowest BCUT2D eigenvalue weighted by molar-refractivity contribution is -0.152. The van der Waals surface area contributed by atoms with Gasteiger partial charge in [0, 0.05) is 18.9 Å². The number of nitrogens with zero attached hydrogens (tertiary/aromatic N) is 1. The monoisotopic (exact) mass is 414 g/mol. The standard InChI is InChI=1S/C19H26N2O3.CH4.2H2S/c1-13(2)10-17(24-12-14-6-4-3-5-7-14)19(23)21-18-15(11-20-21)8-9-16(18)22;;;/h3-7,13,15,17-18,20H,8-12H2,1-2H3;1H4;2*1H2/t15-,17+,18+;;;/m1.../s1. The molecule has 1 heterocycles. The van der Waals surface area contributed by atoms with Crippen LogP contribution in [-0.2, 0) is 20.9 Å². The third-order valence-corrected chi connectivity index (χ3v) is 4.83. The highest BCUT2D eigenvalue weighted by Crippen LogP contribution is 2.31. The van der Waals surface area contributed by atoms with Crippen molar-refractivity contribution >= 4 is 38.7 Å². The second-order valence-electron chi connectivity index (χ2n) is 7.20. The van der Waals surface area contributed by atoms with Crippen molar-refractivity contribution in [2.75, 3.05) is 6.54 Å². The fourth-order valence-corrected chi connectivity index (χ4v) is 3.59. The molecule has 2 fully saturated rings. The van der Waals surface area contributed by atoms with E-state index in [0.29, 0.717) is 31.9 Å². The van der Waals surface area contributed by atoms with Crippen LogP contribution in [0.25, 0.3) is 0 Å². The third kappa shape index (κ3) is 6.24. The van der Waals surface area contributed by atoms with Crippen LogP contribution in [0.2, 0.25) is 0 Å². The lowest BCUT2D eigenvalue weighted by Crippen LogP contribution is -2.50. The zero-order valence-electron chi connectivity index (χ0n) is 15.4. The Morgan fingerprint density at radius 2 is 1.93 bits per heavy atom. The summed E-state index contributed by atoms with van der Waals surface area (Å²) < 4.78 is 5.95. The Labute approximate surface area is 177 Å². The zero-order valence-corrected chi connectivity index (χ0v) is 17.4. The van der Waals surface area contributed by atoms with E-state index in [1.165, 1.54) is 0 Å². The fraction of sp³-hybridized carbons (Fsp3) is 0.600. The lowest BCUT2D eigenvalue weighted by Gasteiger charge is -2.28. The number of benzene rings is 1. The van der Waals surface area contributed by atoms with Crippen LogP contribution in [-0.4, -0.2) is 35.4 Å². The molecule has 1 aromatic rings. The van der Waals surface area contributed by atoms with Gasteiger partial charge in [0.15, 0.2) is 5.78 Å². The van der Waals surface area contributed by atoms with E-state index in [9.17, 15) is 9.59 Å². The molecule has 1 saturated heterocycles. The van der Waals surface area contributed by atoms with Crippen LogP contribution in [0, 0.1) is 11.8 Å². The number of Topliss-reactive ketones (excluding diaryl/α,β-unsaturated/α-hetero) is 1. The summed E-state index contributed by atoms with van der Waals surface area (Å²) in [7, 11) is 0. The molecule has 1 amide bonds. The summed E-state index contributed by atoms with van der Waals surface area (Å²) in [5.74, 6) is 0.662. The Morgan fingerprint density at radius 1 is 1.26 bits per heavy atom. The van der Waals surface area contributed by atoms with E-state index in [2.05, 4.69) is 19.3 Å². The van der Waals surface area contributed by atoms with Gasteiger partial charge in [0.1, 0.15) is 12.1 Å². The molecule has 3 rings (SSSR count). The molecule has 0 aromatic heterocycles. The van der Waals surface area contributed by atoms with Gasteiger partial charge in [-0.3, -0.25) is 14.6 Å². The Kier molecular flexibility index (Phi) is 11.3. The number of ether oxygens (including phenoxy) is 1. The first-order chi connectivity index (χ1) is 11.6. The van der Waals surface area contributed by atoms with Gasteiger partial charge in [0.25, 0.3) is 5.91 Å². The van der Waals surface area contributed by atoms with E-state index in [1.54, 1.807) is 5.01 Å². The number of carbonyl (C=O) groups is 2. The maximum Gasteiger partial charge on any atom is 0.266 e. The van der Waals surface area contributed by atoms with Crippen molar-refractivity contribution < 1.29 is 14.3 Å². The molecule has 0 spiro atoms. The quantitative estimate of drug-likeness (QED) is 0.777. The van der Waals surface area contributed by atoms with Crippen LogP contribution < -0.4 is 5.43 Å². The average molecular weight is 415 g/mol. The molecule has 1 saturated carbocycles. The predicted molar refractivity (Wildman–Crippen MR) is 118 cm³/mol. The molecule has 7 heteroatoms. The number of amides is 1. The van der Waals surface area contributed by atoms with Gasteiger partial charge in [-0.1, -0.05) is 51.6 Å². The highest BCUT2D eigenvalue weighted by atomic mass is 32.1. The van der Waals surface area contributed by atoms with Crippen molar-refractivity contribution in [3.63, 3.8) is 0 Å². The Morgan fingerprint density at radius 3 is 2.56 bits per heavy atom. The molecule has 0 radical (unpaired) electrons. The third-order valence-electron chi connectivity index (χ3n) is 4.83. The molecule has 27 heavy (non-hydrogen) atoms. The van der Waals surface area contributed by atoms with Gasteiger partial charge in [0.2, 0.25) is 0 Å². The SMILES string of the molecule is C.CC(C)C[C@H](OCc1ccccc1)C(=O)N1NC[C@H]2CCC(=O)[C@H]21.S.S. The van der Waals surface area contributed by atoms with Crippen molar-refractivity contribution in [1.82, 2.24) is 10.4 Å². The fourth-order valence-electron chi connectivity index (χ4n) is 3.59. The number of rotatable bonds is 6. The van der Waals surface area contributed by atoms with E-state index < -0.39 is 6.10 Å². The first-order valence-corrected chi connectivity index (χ1v) is 8.81. The van der Waals surface area contributed by atoms with Gasteiger partial charge in [0.05, 0.1) is 6.61 Å².